The standard InChI is InChI=1S/C38H44N6O5S/c1-24(2)18-33(41-25(3)45)36(47)42-32(35(46)37-43-31-8-6-7-9-34(31)50-37)19-28-20-39-38(40-21-28)44(22-26-10-14-29(48-4)15-11-26)23-27-12-16-30(49-5)17-13-27/h6-17,20-21,24,32-33,35,46H,18-19,22-23H2,1-5H3,(H,41,45)(H,42,47). The minimum absolute atomic E-state index is 0.157. The first-order chi connectivity index (χ1) is 24.1. The summed E-state index contributed by atoms with van der Waals surface area (Å²) in [6, 6.07) is 21.9. The number of carbonyl (C=O) groups excluding carboxylic acids is 2. The van der Waals surface area contributed by atoms with Gasteiger partial charge in [0.1, 0.15) is 28.7 Å². The predicted octanol–water partition coefficient (Wildman–Crippen LogP) is 5.62. The first-order valence-corrected chi connectivity index (χ1v) is 17.4. The Labute approximate surface area is 296 Å². The molecule has 12 heteroatoms. The zero-order chi connectivity index (χ0) is 35.6. The van der Waals surface area contributed by atoms with Crippen molar-refractivity contribution in [3.05, 3.63) is 107 Å². The SMILES string of the molecule is COc1ccc(CN(Cc2ccc(OC)cc2)c2ncc(CC(NC(=O)C(CC(C)C)NC(C)=O)C(O)c3nc4ccccc4s3)cn2)cc1. The Bertz CT molecular complexity index is 1760. The van der Waals surface area contributed by atoms with Gasteiger partial charge in [-0.3, -0.25) is 9.59 Å². The molecule has 0 saturated heterocycles. The van der Waals surface area contributed by atoms with Crippen molar-refractivity contribution >= 4 is 39.3 Å². The highest BCUT2D eigenvalue weighted by molar-refractivity contribution is 7.18. The lowest BCUT2D eigenvalue weighted by Crippen LogP contribution is -2.51. The quantitative estimate of drug-likeness (QED) is 0.120. The van der Waals surface area contributed by atoms with E-state index in [1.165, 1.54) is 18.3 Å². The van der Waals surface area contributed by atoms with E-state index in [-0.39, 0.29) is 24.2 Å². The number of thiazole rings is 1. The minimum atomic E-state index is -1.12. The molecule has 0 fully saturated rings. The third-order valence-corrected chi connectivity index (χ3v) is 9.28. The molecule has 0 aliphatic carbocycles. The van der Waals surface area contributed by atoms with Gasteiger partial charge in [-0.15, -0.1) is 11.3 Å². The molecule has 3 aromatic carbocycles. The van der Waals surface area contributed by atoms with Gasteiger partial charge in [-0.05, 0) is 71.8 Å². The minimum Gasteiger partial charge on any atom is -0.497 e. The van der Waals surface area contributed by atoms with Crippen molar-refractivity contribution in [2.24, 2.45) is 5.92 Å². The lowest BCUT2D eigenvalue weighted by atomic mass is 10.00. The van der Waals surface area contributed by atoms with Crippen molar-refractivity contribution in [1.82, 2.24) is 25.6 Å². The Morgan fingerprint density at radius 2 is 1.42 bits per heavy atom. The molecule has 5 rings (SSSR count). The van der Waals surface area contributed by atoms with Crippen LogP contribution in [0.5, 0.6) is 11.5 Å². The number of amides is 2. The molecule has 0 spiro atoms. The van der Waals surface area contributed by atoms with Crippen LogP contribution in [0.1, 0.15) is 55.0 Å². The van der Waals surface area contributed by atoms with Gasteiger partial charge < -0.3 is 30.1 Å². The highest BCUT2D eigenvalue weighted by atomic mass is 32.1. The number of anilines is 1. The zero-order valence-electron chi connectivity index (χ0n) is 29.0. The van der Waals surface area contributed by atoms with E-state index >= 15 is 0 Å². The van der Waals surface area contributed by atoms with Gasteiger partial charge in [0.25, 0.3) is 0 Å². The van der Waals surface area contributed by atoms with E-state index < -0.39 is 18.2 Å². The Balaban J connectivity index is 1.41. The van der Waals surface area contributed by atoms with Crippen molar-refractivity contribution in [2.75, 3.05) is 19.1 Å². The number of carbonyl (C=O) groups is 2. The van der Waals surface area contributed by atoms with E-state index in [1.807, 2.05) is 86.6 Å². The molecule has 50 heavy (non-hydrogen) atoms. The highest BCUT2D eigenvalue weighted by Crippen LogP contribution is 2.29. The highest BCUT2D eigenvalue weighted by Gasteiger charge is 2.30. The molecular weight excluding hydrogens is 653 g/mol. The van der Waals surface area contributed by atoms with Crippen molar-refractivity contribution < 1.29 is 24.2 Å². The average Bonchev–Trinajstić information content (AvgIpc) is 3.55. The molecule has 5 aromatic rings. The summed E-state index contributed by atoms with van der Waals surface area (Å²) in [5.74, 6) is 1.56. The lowest BCUT2D eigenvalue weighted by Gasteiger charge is -2.27. The number of nitrogens with zero attached hydrogens (tertiary/aromatic N) is 4. The van der Waals surface area contributed by atoms with E-state index in [2.05, 4.69) is 20.5 Å². The van der Waals surface area contributed by atoms with E-state index in [0.717, 1.165) is 32.8 Å². The third kappa shape index (κ3) is 9.76. The molecule has 2 heterocycles. The molecule has 0 saturated carbocycles. The lowest BCUT2D eigenvalue weighted by molar-refractivity contribution is -0.129. The third-order valence-electron chi connectivity index (χ3n) is 8.17. The summed E-state index contributed by atoms with van der Waals surface area (Å²) in [6.07, 6.45) is 3.01. The summed E-state index contributed by atoms with van der Waals surface area (Å²) in [7, 11) is 3.28. The summed E-state index contributed by atoms with van der Waals surface area (Å²) in [5.41, 5.74) is 3.61. The Kier molecular flexibility index (Phi) is 12.3. The molecule has 2 amide bonds. The summed E-state index contributed by atoms with van der Waals surface area (Å²) in [6.45, 7) is 6.46. The smallest absolute Gasteiger partial charge is 0.242 e. The average molecular weight is 697 g/mol. The fourth-order valence-electron chi connectivity index (χ4n) is 5.63. The molecule has 2 aromatic heterocycles. The van der Waals surface area contributed by atoms with Gasteiger partial charge in [0.05, 0.1) is 30.5 Å². The molecule has 262 valence electrons. The second-order valence-corrected chi connectivity index (χ2v) is 13.7. The Morgan fingerprint density at radius 1 is 0.840 bits per heavy atom. The molecule has 0 aliphatic heterocycles. The number of hydrogen-bond donors (Lipinski definition) is 3. The van der Waals surface area contributed by atoms with E-state index in [1.54, 1.807) is 26.6 Å². The maximum atomic E-state index is 13.6. The summed E-state index contributed by atoms with van der Waals surface area (Å²) in [5, 5.41) is 17.9. The Hall–Kier alpha value is -5.07. The fourth-order valence-corrected chi connectivity index (χ4v) is 6.65. The van der Waals surface area contributed by atoms with E-state index in [4.69, 9.17) is 19.4 Å². The summed E-state index contributed by atoms with van der Waals surface area (Å²) >= 11 is 1.38. The first-order valence-electron chi connectivity index (χ1n) is 16.5. The molecule has 0 aliphatic rings. The van der Waals surface area contributed by atoms with Crippen molar-refractivity contribution in [1.29, 1.82) is 0 Å². The van der Waals surface area contributed by atoms with Crippen LogP contribution in [0.3, 0.4) is 0 Å². The van der Waals surface area contributed by atoms with Crippen LogP contribution in [0.2, 0.25) is 0 Å². The van der Waals surface area contributed by atoms with Crippen LogP contribution in [0.25, 0.3) is 10.2 Å². The molecular formula is C38H44N6O5S. The number of methoxy groups -OCH3 is 2. The molecule has 0 bridgehead atoms. The predicted molar refractivity (Wildman–Crippen MR) is 195 cm³/mol. The van der Waals surface area contributed by atoms with Gasteiger partial charge in [-0.1, -0.05) is 50.2 Å². The fraction of sp³-hybridized carbons (Fsp3) is 0.342. The van der Waals surface area contributed by atoms with Gasteiger partial charge in [0, 0.05) is 32.4 Å². The van der Waals surface area contributed by atoms with Gasteiger partial charge in [-0.2, -0.15) is 0 Å². The largest absolute Gasteiger partial charge is 0.497 e. The topological polar surface area (TPSA) is 139 Å². The van der Waals surface area contributed by atoms with Crippen molar-refractivity contribution in [3.8, 4) is 11.5 Å². The van der Waals surface area contributed by atoms with Crippen molar-refractivity contribution in [3.63, 3.8) is 0 Å². The number of benzene rings is 3. The molecule has 11 nitrogen and oxygen atoms in total. The summed E-state index contributed by atoms with van der Waals surface area (Å²) in [4.78, 5) is 41.8. The van der Waals surface area contributed by atoms with Gasteiger partial charge in [-0.25, -0.2) is 15.0 Å². The van der Waals surface area contributed by atoms with E-state index in [9.17, 15) is 14.7 Å². The molecule has 3 N–H and O–H groups in total. The van der Waals surface area contributed by atoms with E-state index in [0.29, 0.717) is 36.0 Å². The van der Waals surface area contributed by atoms with Crippen LogP contribution in [0.4, 0.5) is 5.95 Å². The summed E-state index contributed by atoms with van der Waals surface area (Å²) < 4.78 is 11.6. The monoisotopic (exact) mass is 696 g/mol. The first kappa shape index (κ1) is 36.2. The van der Waals surface area contributed by atoms with Crippen LogP contribution >= 0.6 is 11.3 Å². The number of rotatable bonds is 16. The maximum absolute atomic E-state index is 13.6. The number of nitrogens with one attached hydrogen (secondary N) is 2. The van der Waals surface area contributed by atoms with Gasteiger partial charge in [0.15, 0.2) is 0 Å². The maximum Gasteiger partial charge on any atom is 0.242 e. The van der Waals surface area contributed by atoms with Crippen LogP contribution in [-0.2, 0) is 29.1 Å². The number of fused-ring (bicyclic) bond motifs is 1. The van der Waals surface area contributed by atoms with Crippen molar-refractivity contribution in [2.45, 2.75) is 64.9 Å². The normalized spacial score (nSPS) is 13.0. The van der Waals surface area contributed by atoms with Crippen LogP contribution < -0.4 is 25.0 Å². The number of aliphatic hydroxyl groups is 1. The van der Waals surface area contributed by atoms with Crippen LogP contribution in [0.15, 0.2) is 85.2 Å². The number of aliphatic hydroxyl groups excluding tert-OH is 1. The number of para-hydroxylation sites is 1. The Morgan fingerprint density at radius 3 is 1.94 bits per heavy atom. The number of aromatic nitrogens is 3. The number of ether oxygens (including phenoxy) is 2. The van der Waals surface area contributed by atoms with Crippen LogP contribution in [0, 0.1) is 5.92 Å². The van der Waals surface area contributed by atoms with Gasteiger partial charge >= 0.3 is 0 Å². The molecule has 3 atom stereocenters. The zero-order valence-corrected chi connectivity index (χ0v) is 29.8. The second-order valence-electron chi connectivity index (χ2n) is 12.6. The van der Waals surface area contributed by atoms with Gasteiger partial charge in [0.2, 0.25) is 17.8 Å². The number of hydrogen-bond acceptors (Lipinski definition) is 10. The molecule has 0 radical (unpaired) electrons. The molecule has 3 unspecified atom stereocenters. The second kappa shape index (κ2) is 17.0. The van der Waals surface area contributed by atoms with Crippen LogP contribution in [-0.4, -0.2) is 58.2 Å².